The van der Waals surface area contributed by atoms with Gasteiger partial charge in [0.15, 0.2) is 6.10 Å². The minimum atomic E-state index is -4.72. The number of rotatable bonds is 39. The highest BCUT2D eigenvalue weighted by Crippen LogP contribution is 2.43. The summed E-state index contributed by atoms with van der Waals surface area (Å²) in [5, 5.41) is 8.87. The van der Waals surface area contributed by atoms with Crippen molar-refractivity contribution in [2.45, 2.75) is 193 Å². The van der Waals surface area contributed by atoms with E-state index in [2.05, 4.69) is 54.8 Å². The van der Waals surface area contributed by atoms with E-state index in [0.29, 0.717) is 12.8 Å². The number of hydrogen-bond donors (Lipinski definition) is 3. The first kappa shape index (κ1) is 51.7. The normalized spacial score (nSPS) is 14.1. The Kier molecular flexibility index (Phi) is 36.0. The van der Waals surface area contributed by atoms with Crippen molar-refractivity contribution in [3.63, 3.8) is 0 Å². The number of phosphoric acid groups is 1. The van der Waals surface area contributed by atoms with Crippen molar-refractivity contribution < 1.29 is 47.5 Å². The molecule has 0 aliphatic carbocycles. The zero-order chi connectivity index (χ0) is 40.0. The van der Waals surface area contributed by atoms with Gasteiger partial charge in [-0.2, -0.15) is 0 Å². The molecule has 1 unspecified atom stereocenters. The molecular weight excluding hydrogens is 709 g/mol. The van der Waals surface area contributed by atoms with Crippen LogP contribution >= 0.6 is 7.82 Å². The summed E-state index contributed by atoms with van der Waals surface area (Å²) in [6.45, 7) is 2.74. The van der Waals surface area contributed by atoms with E-state index < -0.39 is 51.1 Å². The number of carbonyl (C=O) groups excluding carboxylic acids is 2. The van der Waals surface area contributed by atoms with E-state index in [1.54, 1.807) is 0 Å². The van der Waals surface area contributed by atoms with Gasteiger partial charge in [-0.15, -0.1) is 0 Å². The second kappa shape index (κ2) is 37.6. The van der Waals surface area contributed by atoms with Gasteiger partial charge in [0, 0.05) is 12.8 Å². The third kappa shape index (κ3) is 36.7. The molecule has 0 saturated heterocycles. The molecule has 0 spiro atoms. The van der Waals surface area contributed by atoms with Crippen LogP contribution in [0, 0.1) is 0 Å². The quantitative estimate of drug-likeness (QED) is 0.0234. The lowest BCUT2D eigenvalue weighted by Gasteiger charge is -2.20. The summed E-state index contributed by atoms with van der Waals surface area (Å²) in [4.78, 5) is 45.8. The Bertz CT molecular complexity index is 1060. The molecule has 0 aromatic carbocycles. The Hall–Kier alpha value is -2.30. The topological polar surface area (TPSA) is 172 Å². The summed E-state index contributed by atoms with van der Waals surface area (Å²) in [6, 6.07) is -1.53. The van der Waals surface area contributed by atoms with Crippen LogP contribution in [0.5, 0.6) is 0 Å². The first-order chi connectivity index (χ1) is 26.1. The fraction of sp³-hybridized carbons (Fsp3) is 0.786. The SMILES string of the molecule is CCCCCCCC/C=C/C/C=C/CCCCC(=O)OC[C@H](COP(=O)(O)OC[C@H](N)C(=O)O)OC(=O)CCCC/C=C/CCCCCCCCCCC. The molecule has 12 heteroatoms. The second-order valence-corrected chi connectivity index (χ2v) is 15.6. The Morgan fingerprint density at radius 3 is 1.46 bits per heavy atom. The molecule has 314 valence electrons. The largest absolute Gasteiger partial charge is 0.480 e. The fourth-order valence-electron chi connectivity index (χ4n) is 5.50. The zero-order valence-electron chi connectivity index (χ0n) is 33.8. The number of aliphatic carboxylic acids is 1. The van der Waals surface area contributed by atoms with E-state index in [-0.39, 0.29) is 19.4 Å². The van der Waals surface area contributed by atoms with Crippen LogP contribution in [0.2, 0.25) is 0 Å². The molecule has 0 aromatic rings. The number of carbonyl (C=O) groups is 3. The Balaban J connectivity index is 4.47. The van der Waals surface area contributed by atoms with Crippen LogP contribution in [0.25, 0.3) is 0 Å². The van der Waals surface area contributed by atoms with Crippen molar-refractivity contribution >= 4 is 25.7 Å². The van der Waals surface area contributed by atoms with Crippen molar-refractivity contribution in [2.24, 2.45) is 5.73 Å². The van der Waals surface area contributed by atoms with Crippen LogP contribution in [0.3, 0.4) is 0 Å². The summed E-state index contributed by atoms with van der Waals surface area (Å²) in [5.74, 6) is -2.45. The van der Waals surface area contributed by atoms with E-state index in [0.717, 1.165) is 44.9 Å². The van der Waals surface area contributed by atoms with Crippen molar-refractivity contribution in [3.05, 3.63) is 36.5 Å². The summed E-state index contributed by atoms with van der Waals surface area (Å²) in [7, 11) is -4.72. The van der Waals surface area contributed by atoms with Gasteiger partial charge in [0.1, 0.15) is 12.6 Å². The van der Waals surface area contributed by atoms with Gasteiger partial charge < -0.3 is 25.2 Å². The summed E-state index contributed by atoms with van der Waals surface area (Å²) < 4.78 is 32.6. The smallest absolute Gasteiger partial charge is 0.472 e. The fourth-order valence-corrected chi connectivity index (χ4v) is 6.28. The van der Waals surface area contributed by atoms with Gasteiger partial charge in [0.2, 0.25) is 0 Å². The average Bonchev–Trinajstić information content (AvgIpc) is 3.14. The molecule has 0 rings (SSSR count). The Morgan fingerprint density at radius 1 is 0.574 bits per heavy atom. The molecule has 0 heterocycles. The Labute approximate surface area is 327 Å². The summed E-state index contributed by atoms with van der Waals surface area (Å²) >= 11 is 0. The minimum Gasteiger partial charge on any atom is -0.480 e. The number of hydrogen-bond acceptors (Lipinski definition) is 9. The third-order valence-corrected chi connectivity index (χ3v) is 9.81. The number of ether oxygens (including phenoxy) is 2. The lowest BCUT2D eigenvalue weighted by atomic mass is 10.1. The lowest BCUT2D eigenvalue weighted by Crippen LogP contribution is -2.34. The number of nitrogens with two attached hydrogens (primary N) is 1. The van der Waals surface area contributed by atoms with Crippen LogP contribution in [-0.4, -0.2) is 59.9 Å². The highest BCUT2D eigenvalue weighted by atomic mass is 31.2. The lowest BCUT2D eigenvalue weighted by molar-refractivity contribution is -0.161. The van der Waals surface area contributed by atoms with Crippen LogP contribution < -0.4 is 5.73 Å². The van der Waals surface area contributed by atoms with Gasteiger partial charge in [-0.25, -0.2) is 4.57 Å². The summed E-state index contributed by atoms with van der Waals surface area (Å²) in [5.41, 5.74) is 5.32. The second-order valence-electron chi connectivity index (χ2n) is 14.1. The highest BCUT2D eigenvalue weighted by molar-refractivity contribution is 7.47. The molecule has 11 nitrogen and oxygen atoms in total. The zero-order valence-corrected chi connectivity index (χ0v) is 34.7. The van der Waals surface area contributed by atoms with Gasteiger partial charge in [0.05, 0.1) is 13.2 Å². The molecule has 0 radical (unpaired) electrons. The van der Waals surface area contributed by atoms with E-state index in [1.807, 2.05) is 0 Å². The first-order valence-corrected chi connectivity index (χ1v) is 22.5. The average molecular weight is 786 g/mol. The number of allylic oxidation sites excluding steroid dienone is 6. The molecule has 54 heavy (non-hydrogen) atoms. The maximum atomic E-state index is 12.6. The number of carboxylic acids is 1. The standard InChI is InChI=1S/C42H76NO10P/c1-3-5-7-9-11-13-15-17-19-21-23-25-27-29-31-33-40(44)50-35-38(36-51-54(48,49)52-37-39(43)42(46)47)53-41(45)34-32-30-28-26-24-22-20-18-16-14-12-10-8-6-4-2/h17,19,23-26,38-39H,3-16,18,20-22,27-37,43H2,1-2H3,(H,46,47)(H,48,49)/b19-17+,25-23+,26-24+/t38-,39+/m1/s1. The van der Waals surface area contributed by atoms with Gasteiger partial charge in [-0.3, -0.25) is 23.4 Å². The molecule has 3 atom stereocenters. The maximum absolute atomic E-state index is 12.6. The van der Waals surface area contributed by atoms with E-state index in [9.17, 15) is 23.8 Å². The van der Waals surface area contributed by atoms with Gasteiger partial charge in [0.25, 0.3) is 0 Å². The van der Waals surface area contributed by atoms with Crippen LogP contribution in [-0.2, 0) is 37.5 Å². The Morgan fingerprint density at radius 2 is 0.981 bits per heavy atom. The van der Waals surface area contributed by atoms with Crippen molar-refractivity contribution in [1.29, 1.82) is 0 Å². The van der Waals surface area contributed by atoms with Crippen molar-refractivity contribution in [3.8, 4) is 0 Å². The van der Waals surface area contributed by atoms with Gasteiger partial charge >= 0.3 is 25.7 Å². The summed E-state index contributed by atoms with van der Waals surface area (Å²) in [6.07, 6.45) is 39.3. The number of carboxylic acid groups (broad SMARTS) is 1. The molecule has 0 bridgehead atoms. The van der Waals surface area contributed by atoms with Gasteiger partial charge in [-0.1, -0.05) is 134 Å². The van der Waals surface area contributed by atoms with Crippen molar-refractivity contribution in [2.75, 3.05) is 19.8 Å². The van der Waals surface area contributed by atoms with Gasteiger partial charge in [-0.05, 0) is 70.6 Å². The third-order valence-electron chi connectivity index (χ3n) is 8.86. The first-order valence-electron chi connectivity index (χ1n) is 21.0. The predicted molar refractivity (Wildman–Crippen MR) is 217 cm³/mol. The predicted octanol–water partition coefficient (Wildman–Crippen LogP) is 10.8. The molecular formula is C42H76NO10P. The number of esters is 2. The van der Waals surface area contributed by atoms with Crippen LogP contribution in [0.1, 0.15) is 181 Å². The molecule has 0 fully saturated rings. The molecule has 4 N–H and O–H groups in total. The number of unbranched alkanes of at least 4 members (excludes halogenated alkanes) is 19. The van der Waals surface area contributed by atoms with Crippen LogP contribution in [0.4, 0.5) is 0 Å². The van der Waals surface area contributed by atoms with E-state index >= 15 is 0 Å². The molecule has 0 aliphatic rings. The van der Waals surface area contributed by atoms with Crippen LogP contribution in [0.15, 0.2) is 36.5 Å². The van der Waals surface area contributed by atoms with E-state index in [4.69, 9.17) is 24.8 Å². The van der Waals surface area contributed by atoms with Crippen molar-refractivity contribution in [1.82, 2.24) is 0 Å². The highest BCUT2D eigenvalue weighted by Gasteiger charge is 2.28. The maximum Gasteiger partial charge on any atom is 0.472 e. The minimum absolute atomic E-state index is 0.125. The monoisotopic (exact) mass is 786 g/mol. The molecule has 0 aromatic heterocycles. The number of phosphoric ester groups is 1. The molecule has 0 aliphatic heterocycles. The molecule has 0 saturated carbocycles. The van der Waals surface area contributed by atoms with E-state index in [1.165, 1.54) is 96.3 Å². The molecule has 0 amide bonds.